The molecule has 0 saturated carbocycles. The number of hydrogen-bond donors (Lipinski definition) is 1. The number of carbonyl (C=O) groups excluding carboxylic acids is 1. The Morgan fingerprint density at radius 3 is 3.00 bits per heavy atom. The first-order valence-electron chi connectivity index (χ1n) is 6.28. The second-order valence-corrected chi connectivity index (χ2v) is 6.25. The molecule has 1 saturated heterocycles. The number of aromatic nitrogens is 2. The molecule has 0 aliphatic carbocycles. The van der Waals surface area contributed by atoms with Crippen molar-refractivity contribution in [3.8, 4) is 9.88 Å². The number of morpholine rings is 1. The summed E-state index contributed by atoms with van der Waals surface area (Å²) in [6.45, 7) is 3.34. The minimum Gasteiger partial charge on any atom is -0.379 e. The van der Waals surface area contributed by atoms with E-state index in [1.54, 1.807) is 11.3 Å². The summed E-state index contributed by atoms with van der Waals surface area (Å²) in [6, 6.07) is 3.96. The number of rotatable bonds is 4. The molecule has 1 fully saturated rings. The Morgan fingerprint density at radius 2 is 2.25 bits per heavy atom. The standard InChI is InChI=1S/C12H14N4O2S2/c17-10(8-16-3-5-18-6-4-16)13-12-15-14-11(20-12)9-2-1-7-19-9/h1-2,7H,3-6,8H2,(H,13,15,17). The van der Waals surface area contributed by atoms with Crippen LogP contribution in [0.2, 0.25) is 0 Å². The normalized spacial score (nSPS) is 16.2. The van der Waals surface area contributed by atoms with Crippen molar-refractivity contribution < 1.29 is 9.53 Å². The van der Waals surface area contributed by atoms with Crippen LogP contribution in [0.15, 0.2) is 17.5 Å². The van der Waals surface area contributed by atoms with Gasteiger partial charge in [-0.15, -0.1) is 21.5 Å². The van der Waals surface area contributed by atoms with Crippen LogP contribution in [0.4, 0.5) is 5.13 Å². The van der Waals surface area contributed by atoms with E-state index in [0.717, 1.165) is 23.0 Å². The molecule has 106 valence electrons. The van der Waals surface area contributed by atoms with Crippen LogP contribution in [-0.4, -0.2) is 53.9 Å². The first-order chi connectivity index (χ1) is 9.81. The molecular weight excluding hydrogens is 296 g/mol. The van der Waals surface area contributed by atoms with Gasteiger partial charge in [-0.05, 0) is 11.4 Å². The van der Waals surface area contributed by atoms with E-state index in [1.807, 2.05) is 17.5 Å². The molecule has 3 heterocycles. The van der Waals surface area contributed by atoms with Crippen molar-refractivity contribution in [2.75, 3.05) is 38.2 Å². The molecule has 1 N–H and O–H groups in total. The Kier molecular flexibility index (Phi) is 4.36. The highest BCUT2D eigenvalue weighted by Gasteiger charge is 2.15. The lowest BCUT2D eigenvalue weighted by molar-refractivity contribution is -0.118. The van der Waals surface area contributed by atoms with E-state index in [2.05, 4.69) is 20.4 Å². The van der Waals surface area contributed by atoms with Gasteiger partial charge in [0.1, 0.15) is 0 Å². The average Bonchev–Trinajstić information content (AvgIpc) is 3.10. The highest BCUT2D eigenvalue weighted by molar-refractivity contribution is 7.23. The molecule has 1 aliphatic heterocycles. The predicted octanol–water partition coefficient (Wildman–Crippen LogP) is 1.54. The summed E-state index contributed by atoms with van der Waals surface area (Å²) in [7, 11) is 0. The van der Waals surface area contributed by atoms with Crippen LogP contribution in [0.3, 0.4) is 0 Å². The average molecular weight is 310 g/mol. The Bertz CT molecular complexity index is 564. The number of anilines is 1. The van der Waals surface area contributed by atoms with E-state index in [0.29, 0.717) is 24.9 Å². The minimum absolute atomic E-state index is 0.0548. The van der Waals surface area contributed by atoms with Gasteiger partial charge in [0.05, 0.1) is 24.6 Å². The van der Waals surface area contributed by atoms with Gasteiger partial charge in [-0.2, -0.15) is 0 Å². The van der Waals surface area contributed by atoms with Gasteiger partial charge in [-0.25, -0.2) is 0 Å². The van der Waals surface area contributed by atoms with Crippen LogP contribution < -0.4 is 5.32 Å². The highest BCUT2D eigenvalue weighted by Crippen LogP contribution is 2.29. The fourth-order valence-electron chi connectivity index (χ4n) is 1.89. The lowest BCUT2D eigenvalue weighted by Gasteiger charge is -2.25. The fraction of sp³-hybridized carbons (Fsp3) is 0.417. The Morgan fingerprint density at radius 1 is 1.40 bits per heavy atom. The molecule has 0 unspecified atom stereocenters. The quantitative estimate of drug-likeness (QED) is 0.928. The SMILES string of the molecule is O=C(CN1CCOCC1)Nc1nnc(-c2cccs2)s1. The molecule has 3 rings (SSSR count). The molecule has 0 atom stereocenters. The number of ether oxygens (including phenoxy) is 1. The number of carbonyl (C=O) groups is 1. The molecule has 1 aliphatic rings. The lowest BCUT2D eigenvalue weighted by Crippen LogP contribution is -2.41. The van der Waals surface area contributed by atoms with E-state index in [9.17, 15) is 4.79 Å². The first kappa shape index (κ1) is 13.6. The summed E-state index contributed by atoms with van der Waals surface area (Å²) in [6.07, 6.45) is 0. The molecule has 0 aromatic carbocycles. The van der Waals surface area contributed by atoms with E-state index in [-0.39, 0.29) is 5.91 Å². The molecule has 2 aromatic heterocycles. The maximum Gasteiger partial charge on any atom is 0.240 e. The molecular formula is C12H14N4O2S2. The molecule has 2 aromatic rings. The third kappa shape index (κ3) is 3.40. The molecule has 1 amide bonds. The smallest absolute Gasteiger partial charge is 0.240 e. The summed E-state index contributed by atoms with van der Waals surface area (Å²) >= 11 is 3.00. The third-order valence-electron chi connectivity index (χ3n) is 2.87. The molecule has 0 radical (unpaired) electrons. The van der Waals surface area contributed by atoms with Crippen molar-refractivity contribution in [1.82, 2.24) is 15.1 Å². The lowest BCUT2D eigenvalue weighted by atomic mass is 10.4. The number of amides is 1. The number of nitrogens with zero attached hydrogens (tertiary/aromatic N) is 3. The van der Waals surface area contributed by atoms with Crippen molar-refractivity contribution in [2.24, 2.45) is 0 Å². The van der Waals surface area contributed by atoms with Crippen LogP contribution in [0.1, 0.15) is 0 Å². The zero-order chi connectivity index (χ0) is 13.8. The van der Waals surface area contributed by atoms with Gasteiger partial charge >= 0.3 is 0 Å². The minimum atomic E-state index is -0.0548. The topological polar surface area (TPSA) is 67.3 Å². The molecule has 0 bridgehead atoms. The van der Waals surface area contributed by atoms with Crippen molar-refractivity contribution in [2.45, 2.75) is 0 Å². The summed E-state index contributed by atoms with van der Waals surface area (Å²) in [4.78, 5) is 15.1. The van der Waals surface area contributed by atoms with Crippen LogP contribution >= 0.6 is 22.7 Å². The molecule has 6 nitrogen and oxygen atoms in total. The second-order valence-electron chi connectivity index (χ2n) is 4.33. The van der Waals surface area contributed by atoms with E-state index in [1.165, 1.54) is 11.3 Å². The van der Waals surface area contributed by atoms with Gasteiger partial charge in [-0.3, -0.25) is 15.0 Å². The van der Waals surface area contributed by atoms with Crippen LogP contribution in [0.25, 0.3) is 9.88 Å². The summed E-state index contributed by atoms with van der Waals surface area (Å²) in [5, 5.41) is 14.3. The molecule has 0 spiro atoms. The maximum absolute atomic E-state index is 11.9. The summed E-state index contributed by atoms with van der Waals surface area (Å²) < 4.78 is 5.25. The Hall–Kier alpha value is -1.35. The predicted molar refractivity (Wildman–Crippen MR) is 79.1 cm³/mol. The number of nitrogens with one attached hydrogen (secondary N) is 1. The maximum atomic E-state index is 11.9. The van der Waals surface area contributed by atoms with E-state index >= 15 is 0 Å². The van der Waals surface area contributed by atoms with Gasteiger partial charge in [0.25, 0.3) is 0 Å². The molecule has 8 heteroatoms. The molecule has 20 heavy (non-hydrogen) atoms. The van der Waals surface area contributed by atoms with Gasteiger partial charge in [0, 0.05) is 13.1 Å². The van der Waals surface area contributed by atoms with Crippen LogP contribution in [0, 0.1) is 0 Å². The first-order valence-corrected chi connectivity index (χ1v) is 7.98. The van der Waals surface area contributed by atoms with Gasteiger partial charge < -0.3 is 4.74 Å². The third-order valence-corrected chi connectivity index (χ3v) is 4.75. The van der Waals surface area contributed by atoms with Crippen LogP contribution in [0.5, 0.6) is 0 Å². The monoisotopic (exact) mass is 310 g/mol. The van der Waals surface area contributed by atoms with E-state index in [4.69, 9.17) is 4.74 Å². The van der Waals surface area contributed by atoms with E-state index < -0.39 is 0 Å². The Labute approximate surface area is 124 Å². The zero-order valence-electron chi connectivity index (χ0n) is 10.7. The van der Waals surface area contributed by atoms with Gasteiger partial charge in [0.2, 0.25) is 11.0 Å². The van der Waals surface area contributed by atoms with Gasteiger partial charge in [-0.1, -0.05) is 17.4 Å². The van der Waals surface area contributed by atoms with Crippen molar-refractivity contribution >= 4 is 33.7 Å². The Balaban J connectivity index is 1.56. The zero-order valence-corrected chi connectivity index (χ0v) is 12.4. The van der Waals surface area contributed by atoms with Crippen LogP contribution in [-0.2, 0) is 9.53 Å². The van der Waals surface area contributed by atoms with Crippen molar-refractivity contribution in [3.05, 3.63) is 17.5 Å². The number of thiophene rings is 1. The second kappa shape index (κ2) is 6.40. The summed E-state index contributed by atoms with van der Waals surface area (Å²) in [5.41, 5.74) is 0. The van der Waals surface area contributed by atoms with Gasteiger partial charge in [0.15, 0.2) is 5.01 Å². The number of hydrogen-bond acceptors (Lipinski definition) is 7. The highest BCUT2D eigenvalue weighted by atomic mass is 32.1. The van der Waals surface area contributed by atoms with Crippen molar-refractivity contribution in [1.29, 1.82) is 0 Å². The summed E-state index contributed by atoms with van der Waals surface area (Å²) in [5.74, 6) is -0.0548. The van der Waals surface area contributed by atoms with Crippen molar-refractivity contribution in [3.63, 3.8) is 0 Å². The largest absolute Gasteiger partial charge is 0.379 e. The fourth-order valence-corrected chi connectivity index (χ4v) is 3.45.